The molecule has 0 aliphatic heterocycles. The Kier molecular flexibility index (Phi) is 4.30. The third-order valence-electron chi connectivity index (χ3n) is 6.05. The number of fused-ring (bicyclic) bond motifs is 2. The predicted octanol–water partition coefficient (Wildman–Crippen LogP) is 6.29. The van der Waals surface area contributed by atoms with Crippen molar-refractivity contribution in [2.75, 3.05) is 0 Å². The Hall–Kier alpha value is -3.29. The van der Waals surface area contributed by atoms with E-state index < -0.39 is 5.41 Å². The largest absolute Gasteiger partial charge is 0.350 e. The molecule has 3 aromatic carbocycles. The van der Waals surface area contributed by atoms with Crippen molar-refractivity contribution in [3.63, 3.8) is 0 Å². The molecule has 0 bridgehead atoms. The minimum atomic E-state index is -0.942. The monoisotopic (exact) mass is 453 g/mol. The smallest absolute Gasteiger partial charge is 0.136 e. The molecular weight excluding hydrogens is 434 g/mol. The van der Waals surface area contributed by atoms with E-state index in [2.05, 4.69) is 79.9 Å². The molecule has 0 spiro atoms. The van der Waals surface area contributed by atoms with Gasteiger partial charge in [-0.05, 0) is 29.8 Å². The van der Waals surface area contributed by atoms with E-state index in [1.165, 1.54) is 0 Å². The second-order valence-corrected chi connectivity index (χ2v) is 8.63. The van der Waals surface area contributed by atoms with E-state index in [1.807, 2.05) is 50.5 Å². The van der Waals surface area contributed by atoms with Gasteiger partial charge in [-0.3, -0.25) is 0 Å². The molecule has 5 aromatic rings. The number of hydrogen-bond donors (Lipinski definition) is 0. The highest BCUT2D eigenvalue weighted by atomic mass is 79.9. The molecule has 0 unspecified atom stereocenters. The molecule has 2 aromatic heterocycles. The van der Waals surface area contributed by atoms with Crippen molar-refractivity contribution in [1.29, 1.82) is 5.26 Å². The van der Waals surface area contributed by atoms with Crippen molar-refractivity contribution in [3.05, 3.63) is 106 Å². The highest BCUT2D eigenvalue weighted by Gasteiger charge is 2.41. The molecule has 0 aliphatic rings. The second kappa shape index (κ2) is 6.90. The molecule has 0 saturated heterocycles. The topological polar surface area (TPSA) is 33.6 Å². The first-order valence-electron chi connectivity index (χ1n) is 9.82. The Balaban J connectivity index is 1.96. The van der Waals surface area contributed by atoms with Crippen LogP contribution < -0.4 is 0 Å². The molecule has 0 N–H and O–H groups in total. The van der Waals surface area contributed by atoms with Gasteiger partial charge in [0.25, 0.3) is 0 Å². The highest BCUT2D eigenvalue weighted by molar-refractivity contribution is 9.10. The SMILES string of the molecule is Cn1cc(C(C#N)(c2ccc(Br)cc2)c2cn(C)c3ccccc23)c2ccccc21. The molecule has 0 atom stereocenters. The Morgan fingerprint density at radius 1 is 0.733 bits per heavy atom. The van der Waals surface area contributed by atoms with Crippen LogP contribution in [0.4, 0.5) is 0 Å². The predicted molar refractivity (Wildman–Crippen MR) is 125 cm³/mol. The fourth-order valence-corrected chi connectivity index (χ4v) is 4.89. The summed E-state index contributed by atoms with van der Waals surface area (Å²) in [7, 11) is 4.08. The number of nitriles is 1. The van der Waals surface area contributed by atoms with Crippen molar-refractivity contribution in [2.45, 2.75) is 5.41 Å². The van der Waals surface area contributed by atoms with Gasteiger partial charge in [0.2, 0.25) is 0 Å². The quantitative estimate of drug-likeness (QED) is 0.315. The van der Waals surface area contributed by atoms with Gasteiger partial charge in [0.1, 0.15) is 5.41 Å². The van der Waals surface area contributed by atoms with E-state index in [0.717, 1.165) is 43.0 Å². The summed E-state index contributed by atoms with van der Waals surface area (Å²) in [6.45, 7) is 0. The van der Waals surface area contributed by atoms with Gasteiger partial charge in [-0.25, -0.2) is 0 Å². The first-order chi connectivity index (χ1) is 14.6. The van der Waals surface area contributed by atoms with Crippen molar-refractivity contribution in [3.8, 4) is 6.07 Å². The zero-order chi connectivity index (χ0) is 20.9. The molecule has 4 heteroatoms. The number of aryl methyl sites for hydroxylation is 2. The molecular formula is C26H20BrN3. The Morgan fingerprint density at radius 3 is 1.67 bits per heavy atom. The van der Waals surface area contributed by atoms with E-state index >= 15 is 0 Å². The van der Waals surface area contributed by atoms with Crippen LogP contribution in [-0.4, -0.2) is 9.13 Å². The van der Waals surface area contributed by atoms with Crippen LogP contribution in [0, 0.1) is 11.3 Å². The molecule has 30 heavy (non-hydrogen) atoms. The van der Waals surface area contributed by atoms with Crippen LogP contribution >= 0.6 is 15.9 Å². The fraction of sp³-hybridized carbons (Fsp3) is 0.115. The number of nitrogens with zero attached hydrogens (tertiary/aromatic N) is 3. The Bertz CT molecular complexity index is 1350. The third-order valence-corrected chi connectivity index (χ3v) is 6.58. The standard InChI is InChI=1S/C26H20BrN3/c1-29-15-22(20-7-3-5-9-24(20)29)26(17-28,18-11-13-19(27)14-12-18)23-16-30(2)25-10-6-4-8-21(23)25/h3-16H,1-2H3. The number of para-hydroxylation sites is 2. The average molecular weight is 454 g/mol. The molecule has 146 valence electrons. The van der Waals surface area contributed by atoms with Crippen molar-refractivity contribution >= 4 is 37.7 Å². The van der Waals surface area contributed by atoms with Gasteiger partial charge < -0.3 is 9.13 Å². The third kappa shape index (κ3) is 2.56. The molecule has 0 radical (unpaired) electrons. The molecule has 2 heterocycles. The summed E-state index contributed by atoms with van der Waals surface area (Å²) < 4.78 is 5.22. The summed E-state index contributed by atoms with van der Waals surface area (Å²) in [6, 6.07) is 27.5. The van der Waals surface area contributed by atoms with Gasteiger partial charge in [-0.1, -0.05) is 64.5 Å². The number of benzene rings is 3. The zero-order valence-corrected chi connectivity index (χ0v) is 18.4. The van der Waals surface area contributed by atoms with E-state index in [4.69, 9.17) is 0 Å². The van der Waals surface area contributed by atoms with Crippen molar-refractivity contribution < 1.29 is 0 Å². The van der Waals surface area contributed by atoms with Crippen LogP contribution in [0.5, 0.6) is 0 Å². The van der Waals surface area contributed by atoms with Gasteiger partial charge in [0, 0.05) is 63.9 Å². The lowest BCUT2D eigenvalue weighted by atomic mass is 9.70. The normalized spacial score (nSPS) is 11.8. The summed E-state index contributed by atoms with van der Waals surface area (Å²) in [4.78, 5) is 0. The zero-order valence-electron chi connectivity index (χ0n) is 16.8. The maximum atomic E-state index is 10.9. The first-order valence-corrected chi connectivity index (χ1v) is 10.6. The van der Waals surface area contributed by atoms with Crippen LogP contribution in [-0.2, 0) is 19.5 Å². The summed E-state index contributed by atoms with van der Waals surface area (Å²) in [6.07, 6.45) is 4.22. The van der Waals surface area contributed by atoms with Crippen LogP contribution in [0.1, 0.15) is 16.7 Å². The lowest BCUT2D eigenvalue weighted by Gasteiger charge is -2.27. The maximum absolute atomic E-state index is 10.9. The molecule has 0 saturated carbocycles. The lowest BCUT2D eigenvalue weighted by Crippen LogP contribution is -2.27. The summed E-state index contributed by atoms with van der Waals surface area (Å²) in [5.41, 5.74) is 4.25. The minimum absolute atomic E-state index is 0.942. The summed E-state index contributed by atoms with van der Waals surface area (Å²) in [5.74, 6) is 0. The van der Waals surface area contributed by atoms with Crippen molar-refractivity contribution in [2.24, 2.45) is 14.1 Å². The molecule has 0 fully saturated rings. The summed E-state index contributed by atoms with van der Waals surface area (Å²) >= 11 is 3.54. The van der Waals surface area contributed by atoms with E-state index in [-0.39, 0.29) is 0 Å². The summed E-state index contributed by atoms with van der Waals surface area (Å²) in [5, 5.41) is 13.1. The molecule has 5 rings (SSSR count). The molecule has 3 nitrogen and oxygen atoms in total. The number of hydrogen-bond acceptors (Lipinski definition) is 1. The van der Waals surface area contributed by atoms with Gasteiger partial charge >= 0.3 is 0 Å². The van der Waals surface area contributed by atoms with Crippen LogP contribution in [0.25, 0.3) is 21.8 Å². The van der Waals surface area contributed by atoms with Crippen molar-refractivity contribution in [1.82, 2.24) is 9.13 Å². The van der Waals surface area contributed by atoms with Crippen LogP contribution in [0.2, 0.25) is 0 Å². The highest BCUT2D eigenvalue weighted by Crippen LogP contribution is 2.45. The second-order valence-electron chi connectivity index (χ2n) is 7.71. The number of aromatic nitrogens is 2. The van der Waals surface area contributed by atoms with E-state index in [0.29, 0.717) is 0 Å². The number of halogens is 1. The molecule has 0 amide bonds. The van der Waals surface area contributed by atoms with E-state index in [1.54, 1.807) is 0 Å². The van der Waals surface area contributed by atoms with Crippen LogP contribution in [0.3, 0.4) is 0 Å². The van der Waals surface area contributed by atoms with Gasteiger partial charge in [0.15, 0.2) is 0 Å². The van der Waals surface area contributed by atoms with Gasteiger partial charge in [-0.2, -0.15) is 5.26 Å². The Labute approximate surface area is 183 Å². The fourth-order valence-electron chi connectivity index (χ4n) is 4.62. The Morgan fingerprint density at radius 2 is 1.20 bits per heavy atom. The van der Waals surface area contributed by atoms with Gasteiger partial charge in [0.05, 0.1) is 6.07 Å². The van der Waals surface area contributed by atoms with E-state index in [9.17, 15) is 5.26 Å². The number of rotatable bonds is 3. The lowest BCUT2D eigenvalue weighted by molar-refractivity contribution is 0.791. The average Bonchev–Trinajstić information content (AvgIpc) is 3.29. The van der Waals surface area contributed by atoms with Crippen LogP contribution in [0.15, 0.2) is 89.7 Å². The maximum Gasteiger partial charge on any atom is 0.136 e. The minimum Gasteiger partial charge on any atom is -0.350 e. The molecule has 0 aliphatic carbocycles. The first kappa shape index (κ1) is 18.7. The van der Waals surface area contributed by atoms with Gasteiger partial charge in [-0.15, -0.1) is 0 Å².